The van der Waals surface area contributed by atoms with Gasteiger partial charge in [0.05, 0.1) is 11.7 Å². The van der Waals surface area contributed by atoms with Gasteiger partial charge in [0, 0.05) is 23.0 Å². The molecule has 1 aromatic carbocycles. The maximum Gasteiger partial charge on any atom is 0.227 e. The number of rotatable bonds is 2. The minimum absolute atomic E-state index is 0. The highest BCUT2D eigenvalue weighted by molar-refractivity contribution is 5.95. The topological polar surface area (TPSA) is 83.8 Å². The van der Waals surface area contributed by atoms with Crippen molar-refractivity contribution in [2.45, 2.75) is 31.7 Å². The molecule has 1 heterocycles. The van der Waals surface area contributed by atoms with E-state index in [1.807, 2.05) is 18.2 Å². The van der Waals surface area contributed by atoms with E-state index in [-0.39, 0.29) is 30.3 Å². The van der Waals surface area contributed by atoms with Crippen LogP contribution in [0, 0.1) is 5.92 Å². The lowest BCUT2D eigenvalue weighted by molar-refractivity contribution is -0.120. The highest BCUT2D eigenvalue weighted by atomic mass is 35.5. The molecule has 0 radical (unpaired) electrons. The van der Waals surface area contributed by atoms with Crippen LogP contribution < -0.4 is 11.1 Å². The number of aromatic amines is 1. The minimum atomic E-state index is 0. The normalized spacial score (nSPS) is 22.2. The van der Waals surface area contributed by atoms with Crippen LogP contribution in [-0.4, -0.2) is 22.1 Å². The molecule has 2 aromatic rings. The molecule has 1 aromatic heterocycles. The molecule has 1 amide bonds. The number of benzene rings is 1. The van der Waals surface area contributed by atoms with Crippen molar-refractivity contribution in [3.63, 3.8) is 0 Å². The fourth-order valence-electron chi connectivity index (χ4n) is 2.73. The molecule has 0 bridgehead atoms. The molecule has 108 valence electrons. The molecule has 1 saturated carbocycles. The second kappa shape index (κ2) is 6.24. The van der Waals surface area contributed by atoms with Gasteiger partial charge in [0.1, 0.15) is 0 Å². The van der Waals surface area contributed by atoms with Gasteiger partial charge in [-0.05, 0) is 37.5 Å². The Bertz CT molecular complexity index is 598. The zero-order chi connectivity index (χ0) is 13.2. The molecule has 0 aliphatic heterocycles. The number of amides is 1. The van der Waals surface area contributed by atoms with Gasteiger partial charge in [-0.15, -0.1) is 12.4 Å². The van der Waals surface area contributed by atoms with Crippen LogP contribution in [0.1, 0.15) is 25.7 Å². The van der Waals surface area contributed by atoms with Gasteiger partial charge in [0.15, 0.2) is 0 Å². The van der Waals surface area contributed by atoms with Crippen LogP contribution in [0.2, 0.25) is 0 Å². The Balaban J connectivity index is 0.00000147. The van der Waals surface area contributed by atoms with E-state index >= 15 is 0 Å². The maximum atomic E-state index is 12.2. The van der Waals surface area contributed by atoms with E-state index in [2.05, 4.69) is 15.5 Å². The number of carbonyl (C=O) groups excluding carboxylic acids is 1. The summed E-state index contributed by atoms with van der Waals surface area (Å²) in [4.78, 5) is 12.2. The highest BCUT2D eigenvalue weighted by Crippen LogP contribution is 2.25. The molecule has 1 fully saturated rings. The summed E-state index contributed by atoms with van der Waals surface area (Å²) in [7, 11) is 0. The Labute approximate surface area is 123 Å². The van der Waals surface area contributed by atoms with Crippen LogP contribution >= 0.6 is 12.4 Å². The van der Waals surface area contributed by atoms with Crippen LogP contribution in [0.5, 0.6) is 0 Å². The number of halogens is 1. The van der Waals surface area contributed by atoms with E-state index in [1.54, 1.807) is 6.20 Å². The Hall–Kier alpha value is -1.59. The van der Waals surface area contributed by atoms with Gasteiger partial charge in [-0.2, -0.15) is 5.10 Å². The van der Waals surface area contributed by atoms with Crippen molar-refractivity contribution in [2.24, 2.45) is 11.7 Å². The summed E-state index contributed by atoms with van der Waals surface area (Å²) in [5.74, 6) is 0.127. The average Bonchev–Trinajstić information content (AvgIpc) is 2.86. The Kier molecular flexibility index (Phi) is 4.62. The summed E-state index contributed by atoms with van der Waals surface area (Å²) in [6.07, 6.45) is 5.56. The first-order valence-corrected chi connectivity index (χ1v) is 6.72. The number of anilines is 1. The summed E-state index contributed by atoms with van der Waals surface area (Å²) in [6.45, 7) is 0. The van der Waals surface area contributed by atoms with E-state index in [1.165, 1.54) is 0 Å². The molecule has 0 unspecified atom stereocenters. The SMILES string of the molecule is Cl.N[C@H]1CCC[C@@H](C(=O)Nc2ccc3[nH]ncc3c2)C1. The van der Waals surface area contributed by atoms with Gasteiger partial charge in [-0.25, -0.2) is 0 Å². The molecule has 1 aliphatic rings. The predicted molar refractivity (Wildman–Crippen MR) is 81.9 cm³/mol. The number of nitrogens with zero attached hydrogens (tertiary/aromatic N) is 1. The van der Waals surface area contributed by atoms with Crippen LogP contribution in [0.15, 0.2) is 24.4 Å². The number of hydrogen-bond acceptors (Lipinski definition) is 3. The van der Waals surface area contributed by atoms with Crippen molar-refractivity contribution in [3.8, 4) is 0 Å². The number of fused-ring (bicyclic) bond motifs is 1. The highest BCUT2D eigenvalue weighted by Gasteiger charge is 2.25. The minimum Gasteiger partial charge on any atom is -0.328 e. The molecule has 0 spiro atoms. The largest absolute Gasteiger partial charge is 0.328 e. The molecule has 20 heavy (non-hydrogen) atoms. The standard InChI is InChI=1S/C14H18N4O.ClH/c15-11-3-1-2-9(6-11)14(19)17-12-4-5-13-10(7-12)8-16-18-13;/h4-5,7-9,11H,1-3,6,15H2,(H,16,18)(H,17,19);1H/t9-,11+;/m1./s1. The quantitative estimate of drug-likeness (QED) is 0.795. The molecule has 3 rings (SSSR count). The van der Waals surface area contributed by atoms with E-state index in [0.29, 0.717) is 0 Å². The average molecular weight is 295 g/mol. The monoisotopic (exact) mass is 294 g/mol. The van der Waals surface area contributed by atoms with Crippen molar-refractivity contribution in [1.29, 1.82) is 0 Å². The molecular formula is C14H19ClN4O. The van der Waals surface area contributed by atoms with Gasteiger partial charge in [0.2, 0.25) is 5.91 Å². The first-order valence-electron chi connectivity index (χ1n) is 6.72. The molecule has 1 aliphatic carbocycles. The summed E-state index contributed by atoms with van der Waals surface area (Å²) in [5, 5.41) is 10.8. The summed E-state index contributed by atoms with van der Waals surface area (Å²) < 4.78 is 0. The first-order chi connectivity index (χ1) is 9.22. The summed E-state index contributed by atoms with van der Waals surface area (Å²) >= 11 is 0. The fourth-order valence-corrected chi connectivity index (χ4v) is 2.73. The lowest BCUT2D eigenvalue weighted by Crippen LogP contribution is -2.34. The third-order valence-electron chi connectivity index (χ3n) is 3.79. The van der Waals surface area contributed by atoms with Crippen molar-refractivity contribution < 1.29 is 4.79 Å². The van der Waals surface area contributed by atoms with E-state index in [0.717, 1.165) is 42.3 Å². The third-order valence-corrected chi connectivity index (χ3v) is 3.79. The van der Waals surface area contributed by atoms with Gasteiger partial charge in [0.25, 0.3) is 0 Å². The zero-order valence-corrected chi connectivity index (χ0v) is 12.0. The van der Waals surface area contributed by atoms with Crippen LogP contribution in [0.25, 0.3) is 10.9 Å². The van der Waals surface area contributed by atoms with Gasteiger partial charge in [-0.1, -0.05) is 6.42 Å². The summed E-state index contributed by atoms with van der Waals surface area (Å²) in [6, 6.07) is 5.91. The molecule has 2 atom stereocenters. The molecule has 6 heteroatoms. The molecular weight excluding hydrogens is 276 g/mol. The lowest BCUT2D eigenvalue weighted by atomic mass is 9.85. The number of H-pyrrole nitrogens is 1. The van der Waals surface area contributed by atoms with Crippen LogP contribution in [0.4, 0.5) is 5.69 Å². The second-order valence-electron chi connectivity index (χ2n) is 5.28. The van der Waals surface area contributed by atoms with Gasteiger partial charge >= 0.3 is 0 Å². The molecule has 5 nitrogen and oxygen atoms in total. The molecule has 4 N–H and O–H groups in total. The van der Waals surface area contributed by atoms with E-state index in [4.69, 9.17) is 5.73 Å². The van der Waals surface area contributed by atoms with Gasteiger partial charge in [-0.3, -0.25) is 9.89 Å². The Morgan fingerprint density at radius 1 is 1.40 bits per heavy atom. The number of nitrogens with one attached hydrogen (secondary N) is 2. The van der Waals surface area contributed by atoms with Crippen molar-refractivity contribution in [2.75, 3.05) is 5.32 Å². The number of aromatic nitrogens is 2. The van der Waals surface area contributed by atoms with Crippen molar-refractivity contribution in [1.82, 2.24) is 10.2 Å². The van der Waals surface area contributed by atoms with E-state index < -0.39 is 0 Å². The smallest absolute Gasteiger partial charge is 0.227 e. The Morgan fingerprint density at radius 3 is 3.05 bits per heavy atom. The predicted octanol–water partition coefficient (Wildman–Crippen LogP) is 2.44. The van der Waals surface area contributed by atoms with Crippen LogP contribution in [0.3, 0.4) is 0 Å². The second-order valence-corrected chi connectivity index (χ2v) is 5.28. The number of carbonyl (C=O) groups is 1. The maximum absolute atomic E-state index is 12.2. The first kappa shape index (κ1) is 14.8. The molecule has 0 saturated heterocycles. The number of nitrogens with two attached hydrogens (primary N) is 1. The fraction of sp³-hybridized carbons (Fsp3) is 0.429. The van der Waals surface area contributed by atoms with Gasteiger partial charge < -0.3 is 11.1 Å². The van der Waals surface area contributed by atoms with Crippen LogP contribution in [-0.2, 0) is 4.79 Å². The zero-order valence-electron chi connectivity index (χ0n) is 11.1. The third kappa shape index (κ3) is 3.11. The lowest BCUT2D eigenvalue weighted by Gasteiger charge is -2.25. The Morgan fingerprint density at radius 2 is 2.25 bits per heavy atom. The van der Waals surface area contributed by atoms with Crippen molar-refractivity contribution >= 4 is 34.9 Å². The van der Waals surface area contributed by atoms with E-state index in [9.17, 15) is 4.79 Å². The summed E-state index contributed by atoms with van der Waals surface area (Å²) in [5.41, 5.74) is 7.71. The number of hydrogen-bond donors (Lipinski definition) is 3. The van der Waals surface area contributed by atoms with Crippen molar-refractivity contribution in [3.05, 3.63) is 24.4 Å².